The SMILES string of the molecule is CCOC(=O)c1cnn(Cc2nc(-c3cc(-c4cccnc4)cc(C(F)(F)F)c3)cs2)c1. The summed E-state index contributed by atoms with van der Waals surface area (Å²) >= 11 is 1.30. The number of benzene rings is 1. The monoisotopic (exact) mass is 458 g/mol. The van der Waals surface area contributed by atoms with Crippen molar-refractivity contribution in [1.29, 1.82) is 0 Å². The van der Waals surface area contributed by atoms with Gasteiger partial charge in [0.1, 0.15) is 5.01 Å². The van der Waals surface area contributed by atoms with Crippen LogP contribution in [-0.2, 0) is 17.5 Å². The van der Waals surface area contributed by atoms with E-state index in [1.807, 2.05) is 0 Å². The lowest BCUT2D eigenvalue weighted by atomic mass is 9.99. The highest BCUT2D eigenvalue weighted by Gasteiger charge is 2.31. The minimum absolute atomic E-state index is 0.262. The molecule has 0 N–H and O–H groups in total. The summed E-state index contributed by atoms with van der Waals surface area (Å²) in [5, 5.41) is 6.46. The van der Waals surface area contributed by atoms with Crippen molar-refractivity contribution in [3.05, 3.63) is 76.6 Å². The molecule has 0 aliphatic rings. The van der Waals surface area contributed by atoms with Gasteiger partial charge in [0.25, 0.3) is 0 Å². The number of nitrogens with zero attached hydrogens (tertiary/aromatic N) is 4. The molecule has 164 valence electrons. The molecule has 3 aromatic heterocycles. The number of ether oxygens (including phenoxy) is 1. The summed E-state index contributed by atoms with van der Waals surface area (Å²) in [6.45, 7) is 2.25. The Morgan fingerprint density at radius 2 is 1.97 bits per heavy atom. The van der Waals surface area contributed by atoms with Crippen molar-refractivity contribution in [1.82, 2.24) is 19.7 Å². The molecule has 0 fully saturated rings. The van der Waals surface area contributed by atoms with E-state index in [1.54, 1.807) is 42.9 Å². The fourth-order valence-electron chi connectivity index (χ4n) is 3.06. The van der Waals surface area contributed by atoms with E-state index in [9.17, 15) is 18.0 Å². The Bertz CT molecular complexity index is 1240. The fourth-order valence-corrected chi connectivity index (χ4v) is 3.86. The van der Waals surface area contributed by atoms with Crippen LogP contribution in [0.2, 0.25) is 0 Å². The summed E-state index contributed by atoms with van der Waals surface area (Å²) < 4.78 is 47.0. The maximum Gasteiger partial charge on any atom is 0.416 e. The van der Waals surface area contributed by atoms with Gasteiger partial charge in [-0.1, -0.05) is 6.07 Å². The van der Waals surface area contributed by atoms with Gasteiger partial charge in [-0.05, 0) is 36.8 Å². The normalized spacial score (nSPS) is 11.5. The Kier molecular flexibility index (Phi) is 6.04. The zero-order valence-electron chi connectivity index (χ0n) is 16.8. The van der Waals surface area contributed by atoms with Crippen LogP contribution in [0.1, 0.15) is 27.9 Å². The zero-order valence-corrected chi connectivity index (χ0v) is 17.7. The molecular weight excluding hydrogens is 441 g/mol. The molecule has 0 spiro atoms. The first-order valence-electron chi connectivity index (χ1n) is 9.60. The molecule has 0 aliphatic heterocycles. The maximum absolute atomic E-state index is 13.5. The minimum atomic E-state index is -4.50. The predicted molar refractivity (Wildman–Crippen MR) is 113 cm³/mol. The number of thiazole rings is 1. The van der Waals surface area contributed by atoms with Crippen molar-refractivity contribution in [2.45, 2.75) is 19.6 Å². The average molecular weight is 458 g/mol. The van der Waals surface area contributed by atoms with Crippen molar-refractivity contribution in [3.63, 3.8) is 0 Å². The molecule has 10 heteroatoms. The van der Waals surface area contributed by atoms with E-state index in [2.05, 4.69) is 15.1 Å². The highest BCUT2D eigenvalue weighted by Crippen LogP contribution is 2.36. The maximum atomic E-state index is 13.5. The van der Waals surface area contributed by atoms with Crippen LogP contribution in [-0.4, -0.2) is 32.3 Å². The van der Waals surface area contributed by atoms with Crippen LogP contribution < -0.4 is 0 Å². The van der Waals surface area contributed by atoms with Crippen LogP contribution >= 0.6 is 11.3 Å². The molecule has 0 unspecified atom stereocenters. The quantitative estimate of drug-likeness (QED) is 0.366. The number of aromatic nitrogens is 4. The molecule has 0 bridgehead atoms. The van der Waals surface area contributed by atoms with Gasteiger partial charge in [-0.15, -0.1) is 11.3 Å². The molecule has 32 heavy (non-hydrogen) atoms. The summed E-state index contributed by atoms with van der Waals surface area (Å²) in [4.78, 5) is 20.3. The Labute approximate surface area is 185 Å². The second-order valence-electron chi connectivity index (χ2n) is 6.81. The standard InChI is InChI=1S/C22H17F3N4O2S/c1-2-31-21(30)17-10-27-29(11-17)12-20-28-19(13-32-20)16-6-15(14-4-3-5-26-9-14)7-18(8-16)22(23,24)25/h3-11,13H,2,12H2,1H3. The van der Waals surface area contributed by atoms with Gasteiger partial charge in [-0.25, -0.2) is 9.78 Å². The summed E-state index contributed by atoms with van der Waals surface area (Å²) in [6, 6.07) is 7.24. The van der Waals surface area contributed by atoms with E-state index >= 15 is 0 Å². The number of carbonyl (C=O) groups is 1. The molecule has 1 aromatic carbocycles. The number of halogens is 3. The summed E-state index contributed by atoms with van der Waals surface area (Å²) in [7, 11) is 0. The third-order valence-electron chi connectivity index (χ3n) is 4.54. The van der Waals surface area contributed by atoms with Crippen molar-refractivity contribution in [2.24, 2.45) is 0 Å². The van der Waals surface area contributed by atoms with Crippen LogP contribution in [0.25, 0.3) is 22.4 Å². The molecule has 0 saturated carbocycles. The number of rotatable bonds is 6. The van der Waals surface area contributed by atoms with Crippen molar-refractivity contribution in [2.75, 3.05) is 6.61 Å². The molecule has 0 saturated heterocycles. The number of hydrogen-bond donors (Lipinski definition) is 0. The Morgan fingerprint density at radius 3 is 2.69 bits per heavy atom. The molecule has 0 amide bonds. The smallest absolute Gasteiger partial charge is 0.416 e. The highest BCUT2D eigenvalue weighted by atomic mass is 32.1. The van der Waals surface area contributed by atoms with Crippen LogP contribution in [0.3, 0.4) is 0 Å². The first kappa shape index (κ1) is 21.7. The highest BCUT2D eigenvalue weighted by molar-refractivity contribution is 7.09. The predicted octanol–water partition coefficient (Wildman–Crippen LogP) is 5.31. The lowest BCUT2D eigenvalue weighted by molar-refractivity contribution is -0.137. The average Bonchev–Trinajstić information content (AvgIpc) is 3.44. The van der Waals surface area contributed by atoms with Gasteiger partial charge in [0.15, 0.2) is 0 Å². The molecule has 6 nitrogen and oxygen atoms in total. The molecule has 4 rings (SSSR count). The van der Waals surface area contributed by atoms with Gasteiger partial charge in [0.05, 0.1) is 36.2 Å². The Balaban J connectivity index is 1.63. The Hall–Kier alpha value is -3.53. The lowest BCUT2D eigenvalue weighted by Gasteiger charge is -2.11. The molecule has 4 aromatic rings. The first-order chi connectivity index (χ1) is 15.3. The summed E-state index contributed by atoms with van der Waals surface area (Å²) in [5.74, 6) is -0.467. The topological polar surface area (TPSA) is 69.9 Å². The number of pyridine rings is 1. The number of carbonyl (C=O) groups excluding carboxylic acids is 1. The van der Waals surface area contributed by atoms with Crippen LogP contribution in [0.5, 0.6) is 0 Å². The van der Waals surface area contributed by atoms with Gasteiger partial charge < -0.3 is 4.74 Å². The largest absolute Gasteiger partial charge is 0.462 e. The minimum Gasteiger partial charge on any atom is -0.462 e. The van der Waals surface area contributed by atoms with Gasteiger partial charge >= 0.3 is 12.1 Å². The van der Waals surface area contributed by atoms with Gasteiger partial charge in [-0.3, -0.25) is 9.67 Å². The van der Waals surface area contributed by atoms with Gasteiger partial charge in [0, 0.05) is 35.1 Å². The molecule has 0 aliphatic carbocycles. The van der Waals surface area contributed by atoms with E-state index < -0.39 is 17.7 Å². The van der Waals surface area contributed by atoms with E-state index in [-0.39, 0.29) is 13.2 Å². The van der Waals surface area contributed by atoms with Crippen LogP contribution in [0, 0.1) is 0 Å². The number of esters is 1. The Morgan fingerprint density at radius 1 is 1.16 bits per heavy atom. The zero-order chi connectivity index (χ0) is 22.7. The fraction of sp³-hybridized carbons (Fsp3) is 0.182. The van der Waals surface area contributed by atoms with Gasteiger partial charge in [-0.2, -0.15) is 18.3 Å². The van der Waals surface area contributed by atoms with Crippen LogP contribution in [0.15, 0.2) is 60.5 Å². The molecule has 0 radical (unpaired) electrons. The van der Waals surface area contributed by atoms with E-state index in [0.29, 0.717) is 33.0 Å². The van der Waals surface area contributed by atoms with E-state index in [0.717, 1.165) is 12.1 Å². The second kappa shape index (κ2) is 8.91. The van der Waals surface area contributed by atoms with Crippen molar-refractivity contribution >= 4 is 17.3 Å². The summed E-state index contributed by atoms with van der Waals surface area (Å²) in [6.07, 6.45) is 1.53. The number of alkyl halides is 3. The molecule has 3 heterocycles. The first-order valence-corrected chi connectivity index (χ1v) is 10.5. The molecular formula is C22H17F3N4O2S. The van der Waals surface area contributed by atoms with E-state index in [1.165, 1.54) is 28.4 Å². The molecule has 0 atom stereocenters. The van der Waals surface area contributed by atoms with Gasteiger partial charge in [0.2, 0.25) is 0 Å². The van der Waals surface area contributed by atoms with E-state index in [4.69, 9.17) is 4.74 Å². The van der Waals surface area contributed by atoms with Crippen molar-refractivity contribution < 1.29 is 22.7 Å². The third kappa shape index (κ3) is 4.86. The number of hydrogen-bond acceptors (Lipinski definition) is 6. The van der Waals surface area contributed by atoms with Crippen molar-refractivity contribution in [3.8, 4) is 22.4 Å². The second-order valence-corrected chi connectivity index (χ2v) is 7.75. The third-order valence-corrected chi connectivity index (χ3v) is 5.38. The summed E-state index contributed by atoms with van der Waals surface area (Å²) in [5.41, 5.74) is 1.34. The van der Waals surface area contributed by atoms with Crippen LogP contribution in [0.4, 0.5) is 13.2 Å². The lowest BCUT2D eigenvalue weighted by Crippen LogP contribution is -2.05.